The van der Waals surface area contributed by atoms with Crippen molar-refractivity contribution in [1.82, 2.24) is 4.98 Å². The van der Waals surface area contributed by atoms with Gasteiger partial charge in [0.2, 0.25) is 0 Å². The summed E-state index contributed by atoms with van der Waals surface area (Å²) in [5, 5.41) is 1.00. The summed E-state index contributed by atoms with van der Waals surface area (Å²) in [6.45, 7) is 0. The van der Waals surface area contributed by atoms with Gasteiger partial charge in [-0.15, -0.1) is 0 Å². The third-order valence-electron chi connectivity index (χ3n) is 3.65. The summed E-state index contributed by atoms with van der Waals surface area (Å²) in [5.41, 5.74) is -0.910. The van der Waals surface area contributed by atoms with Gasteiger partial charge >= 0.3 is 6.18 Å². The Bertz CT molecular complexity index is 836. The average molecular weight is 347 g/mol. The molecule has 0 aliphatic carbocycles. The molecule has 3 rings (SSSR count). The second-order valence-electron chi connectivity index (χ2n) is 5.21. The van der Waals surface area contributed by atoms with Gasteiger partial charge in [0.25, 0.3) is 0 Å². The molecule has 0 unspecified atom stereocenters. The SMILES string of the molecule is O=P(c1ccccc1)(c1ccccc1)c1cncc(C(F)(F)F)c1. The number of hydrogen-bond donors (Lipinski definition) is 0. The quantitative estimate of drug-likeness (QED) is 0.676. The zero-order chi connectivity index (χ0) is 17.2. The molecule has 1 aromatic heterocycles. The summed E-state index contributed by atoms with van der Waals surface area (Å²) in [6.07, 6.45) is -2.55. The van der Waals surface area contributed by atoms with E-state index in [1.165, 1.54) is 6.20 Å². The summed E-state index contributed by atoms with van der Waals surface area (Å²) in [6, 6.07) is 18.0. The van der Waals surface area contributed by atoms with Gasteiger partial charge in [-0.3, -0.25) is 4.98 Å². The molecule has 0 radical (unpaired) electrons. The van der Waals surface area contributed by atoms with Crippen LogP contribution in [0.4, 0.5) is 13.2 Å². The van der Waals surface area contributed by atoms with E-state index in [0.29, 0.717) is 10.6 Å². The van der Waals surface area contributed by atoms with Crippen LogP contribution in [0.2, 0.25) is 0 Å². The van der Waals surface area contributed by atoms with Crippen molar-refractivity contribution in [2.75, 3.05) is 0 Å². The second-order valence-corrected chi connectivity index (χ2v) is 7.98. The molecule has 24 heavy (non-hydrogen) atoms. The summed E-state index contributed by atoms with van der Waals surface area (Å²) in [4.78, 5) is 3.68. The van der Waals surface area contributed by atoms with E-state index in [0.717, 1.165) is 12.3 Å². The standard InChI is InChI=1S/C18H13F3NOP/c19-18(20,21)14-11-17(13-22-12-14)24(23,15-7-3-1-4-8-15)16-9-5-2-6-10-16/h1-13H. The van der Waals surface area contributed by atoms with Crippen molar-refractivity contribution in [3.63, 3.8) is 0 Å². The molecule has 122 valence electrons. The van der Waals surface area contributed by atoms with E-state index < -0.39 is 18.9 Å². The Balaban J connectivity index is 2.26. The van der Waals surface area contributed by atoms with E-state index >= 15 is 0 Å². The summed E-state index contributed by atoms with van der Waals surface area (Å²) < 4.78 is 53.0. The normalized spacial score (nSPS) is 12.1. The predicted molar refractivity (Wildman–Crippen MR) is 88.6 cm³/mol. The predicted octanol–water partition coefficient (Wildman–Crippen LogP) is 3.74. The van der Waals surface area contributed by atoms with Crippen molar-refractivity contribution >= 4 is 23.1 Å². The lowest BCUT2D eigenvalue weighted by Gasteiger charge is -2.20. The first kappa shape index (κ1) is 16.5. The Labute approximate surface area is 137 Å². The van der Waals surface area contributed by atoms with Crippen LogP contribution in [0.15, 0.2) is 79.1 Å². The van der Waals surface area contributed by atoms with Crippen molar-refractivity contribution in [3.05, 3.63) is 84.7 Å². The largest absolute Gasteiger partial charge is 0.417 e. The maximum Gasteiger partial charge on any atom is 0.417 e. The van der Waals surface area contributed by atoms with Crippen LogP contribution in [0.3, 0.4) is 0 Å². The fourth-order valence-corrected chi connectivity index (χ4v) is 5.11. The van der Waals surface area contributed by atoms with E-state index in [2.05, 4.69) is 4.98 Å². The molecule has 0 amide bonds. The third kappa shape index (κ3) is 3.00. The van der Waals surface area contributed by atoms with Crippen molar-refractivity contribution in [2.24, 2.45) is 0 Å². The molecule has 1 heterocycles. The topological polar surface area (TPSA) is 30.0 Å². The highest BCUT2D eigenvalue weighted by Crippen LogP contribution is 2.43. The monoisotopic (exact) mass is 347 g/mol. The van der Waals surface area contributed by atoms with E-state index in [-0.39, 0.29) is 5.30 Å². The molecule has 0 N–H and O–H groups in total. The number of nitrogens with zero attached hydrogens (tertiary/aromatic N) is 1. The van der Waals surface area contributed by atoms with Gasteiger partial charge in [0, 0.05) is 28.3 Å². The average Bonchev–Trinajstić information content (AvgIpc) is 2.62. The van der Waals surface area contributed by atoms with Crippen LogP contribution in [0.5, 0.6) is 0 Å². The van der Waals surface area contributed by atoms with Crippen LogP contribution in [0.1, 0.15) is 5.56 Å². The number of pyridine rings is 1. The summed E-state index contributed by atoms with van der Waals surface area (Å²) in [5.74, 6) is 0. The highest BCUT2D eigenvalue weighted by Gasteiger charge is 2.35. The number of halogens is 3. The Morgan fingerprint density at radius 2 is 1.25 bits per heavy atom. The number of alkyl halides is 3. The Morgan fingerprint density at radius 1 is 0.750 bits per heavy atom. The molecule has 0 bridgehead atoms. The molecule has 2 aromatic carbocycles. The van der Waals surface area contributed by atoms with E-state index in [4.69, 9.17) is 0 Å². The number of rotatable bonds is 3. The van der Waals surface area contributed by atoms with E-state index in [1.54, 1.807) is 60.7 Å². The van der Waals surface area contributed by atoms with E-state index in [1.807, 2.05) is 0 Å². The number of aromatic nitrogens is 1. The Hall–Kier alpha value is -2.39. The van der Waals surface area contributed by atoms with Gasteiger partial charge in [0.15, 0.2) is 7.14 Å². The highest BCUT2D eigenvalue weighted by molar-refractivity contribution is 7.85. The second kappa shape index (κ2) is 6.25. The molecule has 6 heteroatoms. The Kier molecular flexibility index (Phi) is 4.29. The molecule has 0 saturated heterocycles. The van der Waals surface area contributed by atoms with Gasteiger partial charge in [-0.2, -0.15) is 13.2 Å². The van der Waals surface area contributed by atoms with Crippen molar-refractivity contribution in [3.8, 4) is 0 Å². The highest BCUT2D eigenvalue weighted by atomic mass is 31.2. The van der Waals surface area contributed by atoms with Crippen LogP contribution in [-0.2, 0) is 10.7 Å². The number of hydrogen-bond acceptors (Lipinski definition) is 2. The molecule has 3 aromatic rings. The lowest BCUT2D eigenvalue weighted by atomic mass is 10.3. The van der Waals surface area contributed by atoms with Crippen LogP contribution in [0.25, 0.3) is 0 Å². The molecule has 0 fully saturated rings. The third-order valence-corrected chi connectivity index (χ3v) is 6.68. The lowest BCUT2D eigenvalue weighted by Crippen LogP contribution is -2.26. The van der Waals surface area contributed by atoms with E-state index in [9.17, 15) is 17.7 Å². The summed E-state index contributed by atoms with van der Waals surface area (Å²) >= 11 is 0. The fourth-order valence-electron chi connectivity index (χ4n) is 2.48. The number of benzene rings is 2. The zero-order valence-corrected chi connectivity index (χ0v) is 13.3. The summed E-state index contributed by atoms with van der Waals surface area (Å²) in [7, 11) is -3.44. The van der Waals surface area contributed by atoms with Crippen molar-refractivity contribution in [2.45, 2.75) is 6.18 Å². The zero-order valence-electron chi connectivity index (χ0n) is 12.4. The lowest BCUT2D eigenvalue weighted by molar-refractivity contribution is -0.137. The van der Waals surface area contributed by atoms with Gasteiger partial charge in [0.1, 0.15) is 0 Å². The van der Waals surface area contributed by atoms with Gasteiger partial charge in [-0.1, -0.05) is 60.7 Å². The first-order chi connectivity index (χ1) is 11.4. The molecule has 0 aliphatic heterocycles. The molecule has 0 spiro atoms. The first-order valence-corrected chi connectivity index (χ1v) is 8.87. The fraction of sp³-hybridized carbons (Fsp3) is 0.0556. The van der Waals surface area contributed by atoms with Gasteiger partial charge < -0.3 is 4.57 Å². The van der Waals surface area contributed by atoms with Gasteiger partial charge in [0.05, 0.1) is 5.56 Å². The van der Waals surface area contributed by atoms with Crippen molar-refractivity contribution < 1.29 is 17.7 Å². The van der Waals surface area contributed by atoms with Crippen LogP contribution in [-0.4, -0.2) is 4.98 Å². The van der Waals surface area contributed by atoms with Crippen LogP contribution >= 0.6 is 7.14 Å². The van der Waals surface area contributed by atoms with Gasteiger partial charge in [-0.05, 0) is 6.07 Å². The molecule has 0 saturated carbocycles. The minimum Gasteiger partial charge on any atom is -0.309 e. The van der Waals surface area contributed by atoms with Crippen LogP contribution in [0, 0.1) is 0 Å². The van der Waals surface area contributed by atoms with Crippen LogP contribution < -0.4 is 15.9 Å². The molecular weight excluding hydrogens is 334 g/mol. The van der Waals surface area contributed by atoms with Gasteiger partial charge in [-0.25, -0.2) is 0 Å². The molecule has 0 aliphatic rings. The maximum absolute atomic E-state index is 13.9. The smallest absolute Gasteiger partial charge is 0.309 e. The first-order valence-electron chi connectivity index (χ1n) is 7.16. The molecular formula is C18H13F3NOP. The minimum absolute atomic E-state index is 0.0646. The van der Waals surface area contributed by atoms with Crippen molar-refractivity contribution in [1.29, 1.82) is 0 Å². The molecule has 0 atom stereocenters. The minimum atomic E-state index is -4.54. The molecule has 2 nitrogen and oxygen atoms in total. The maximum atomic E-state index is 13.9. The Morgan fingerprint density at radius 3 is 1.71 bits per heavy atom.